The number of hydrogen-bond donors (Lipinski definition) is 3. The zero-order valence-corrected chi connectivity index (χ0v) is 13.6. The molecule has 5 nitrogen and oxygen atoms in total. The molecular formula is C19H21NO4. The minimum atomic E-state index is -1.12. The molecule has 2 aliphatic carbocycles. The fourth-order valence-corrected chi connectivity index (χ4v) is 3.51. The van der Waals surface area contributed by atoms with Crippen molar-refractivity contribution in [3.05, 3.63) is 58.4 Å². The fourth-order valence-electron chi connectivity index (χ4n) is 3.51. The van der Waals surface area contributed by atoms with E-state index in [1.54, 1.807) is 13.0 Å². The largest absolute Gasteiger partial charge is 0.506 e. The molecular weight excluding hydrogens is 306 g/mol. The van der Waals surface area contributed by atoms with E-state index in [-0.39, 0.29) is 29.8 Å². The number of aliphatic hydroxyl groups excluding tert-OH is 2. The lowest BCUT2D eigenvalue weighted by atomic mass is 9.84. The Morgan fingerprint density at radius 3 is 2.88 bits per heavy atom. The lowest BCUT2D eigenvalue weighted by molar-refractivity contribution is -0.143. The second kappa shape index (κ2) is 6.61. The van der Waals surface area contributed by atoms with Gasteiger partial charge in [0, 0.05) is 0 Å². The monoisotopic (exact) mass is 327 g/mol. The van der Waals surface area contributed by atoms with Gasteiger partial charge in [0.05, 0.1) is 13.0 Å². The number of fused-ring (bicyclic) bond motifs is 1. The van der Waals surface area contributed by atoms with E-state index in [1.807, 2.05) is 24.3 Å². The number of benzene rings is 1. The molecule has 1 aromatic rings. The molecule has 0 heterocycles. The third-order valence-electron chi connectivity index (χ3n) is 4.66. The number of esters is 1. The lowest BCUT2D eigenvalue weighted by Gasteiger charge is -2.24. The van der Waals surface area contributed by atoms with Crippen molar-refractivity contribution < 1.29 is 19.7 Å². The van der Waals surface area contributed by atoms with E-state index in [1.165, 1.54) is 0 Å². The molecule has 5 heteroatoms. The van der Waals surface area contributed by atoms with Crippen LogP contribution in [0.15, 0.2) is 47.2 Å². The summed E-state index contributed by atoms with van der Waals surface area (Å²) in [6, 6.07) is 7.88. The summed E-state index contributed by atoms with van der Waals surface area (Å²) in [5.74, 6) is -0.563. The molecule has 0 radical (unpaired) electrons. The average Bonchev–Trinajstić information content (AvgIpc) is 2.70. The summed E-state index contributed by atoms with van der Waals surface area (Å²) < 4.78 is 5.09. The molecule has 3 rings (SSSR count). The standard InChI is InChI=1S/C19H21NO4/c1-2-24-17(22)10-13-8-15-12(9-16(21)18(20)19(15)23)7-11-5-3-4-6-14(11)13/h3-6,9,13,19-21,23H,2,7-8,10H2,1H3/t13-,19?/m1/s1. The van der Waals surface area contributed by atoms with Gasteiger partial charge in [-0.25, -0.2) is 0 Å². The van der Waals surface area contributed by atoms with Gasteiger partial charge in [0.15, 0.2) is 0 Å². The number of carbonyl (C=O) groups excluding carboxylic acids is 1. The third-order valence-corrected chi connectivity index (χ3v) is 4.66. The zero-order valence-electron chi connectivity index (χ0n) is 13.6. The first-order valence-electron chi connectivity index (χ1n) is 8.14. The Hall–Kier alpha value is -2.40. The second-order valence-corrected chi connectivity index (χ2v) is 6.18. The van der Waals surface area contributed by atoms with Gasteiger partial charge in [-0.1, -0.05) is 24.3 Å². The summed E-state index contributed by atoms with van der Waals surface area (Å²) in [5, 5.41) is 28.1. The first-order chi connectivity index (χ1) is 11.5. The van der Waals surface area contributed by atoms with Gasteiger partial charge in [0.1, 0.15) is 17.6 Å². The minimum absolute atomic E-state index is 0.108. The van der Waals surface area contributed by atoms with Crippen molar-refractivity contribution in [1.82, 2.24) is 0 Å². The molecule has 3 N–H and O–H groups in total. The summed E-state index contributed by atoms with van der Waals surface area (Å²) in [6.45, 7) is 2.12. The van der Waals surface area contributed by atoms with Crippen molar-refractivity contribution in [2.45, 2.75) is 38.2 Å². The predicted octanol–water partition coefficient (Wildman–Crippen LogP) is 2.80. The Labute approximate surface area is 140 Å². The van der Waals surface area contributed by atoms with Gasteiger partial charge in [0.2, 0.25) is 0 Å². The maximum Gasteiger partial charge on any atom is 0.306 e. The molecule has 0 amide bonds. The van der Waals surface area contributed by atoms with Gasteiger partial charge in [-0.15, -0.1) is 0 Å². The molecule has 24 heavy (non-hydrogen) atoms. The van der Waals surface area contributed by atoms with E-state index in [2.05, 4.69) is 0 Å². The van der Waals surface area contributed by atoms with Crippen LogP contribution in [0.5, 0.6) is 0 Å². The topological polar surface area (TPSA) is 90.6 Å². The van der Waals surface area contributed by atoms with Crippen LogP contribution in [0.25, 0.3) is 0 Å². The Balaban J connectivity index is 2.01. The van der Waals surface area contributed by atoms with E-state index in [0.29, 0.717) is 25.0 Å². The van der Waals surface area contributed by atoms with Crippen LogP contribution in [0.2, 0.25) is 0 Å². The first-order valence-corrected chi connectivity index (χ1v) is 8.14. The molecule has 0 aromatic heterocycles. The van der Waals surface area contributed by atoms with Gasteiger partial charge < -0.3 is 14.9 Å². The van der Waals surface area contributed by atoms with E-state index in [4.69, 9.17) is 10.1 Å². The van der Waals surface area contributed by atoms with Crippen LogP contribution < -0.4 is 0 Å². The Morgan fingerprint density at radius 1 is 1.38 bits per heavy atom. The highest BCUT2D eigenvalue weighted by molar-refractivity contribution is 6.02. The highest BCUT2D eigenvalue weighted by atomic mass is 16.5. The average molecular weight is 327 g/mol. The zero-order chi connectivity index (χ0) is 17.3. The Morgan fingerprint density at radius 2 is 2.12 bits per heavy atom. The van der Waals surface area contributed by atoms with Crippen LogP contribution in [0, 0.1) is 5.41 Å². The first kappa shape index (κ1) is 16.5. The highest BCUT2D eigenvalue weighted by Crippen LogP contribution is 2.39. The lowest BCUT2D eigenvalue weighted by Crippen LogP contribution is -2.29. The number of rotatable bonds is 3. The molecule has 0 saturated heterocycles. The summed E-state index contributed by atoms with van der Waals surface area (Å²) in [5.41, 5.74) is 3.49. The van der Waals surface area contributed by atoms with Crippen molar-refractivity contribution in [3.63, 3.8) is 0 Å². The van der Waals surface area contributed by atoms with Crippen LogP contribution in [0.1, 0.15) is 36.8 Å². The minimum Gasteiger partial charge on any atom is -0.506 e. The van der Waals surface area contributed by atoms with Crippen LogP contribution in [-0.4, -0.2) is 34.6 Å². The number of carbonyl (C=O) groups is 1. The van der Waals surface area contributed by atoms with Crippen molar-refractivity contribution in [1.29, 1.82) is 5.41 Å². The molecule has 1 unspecified atom stereocenters. The summed E-state index contributed by atoms with van der Waals surface area (Å²) in [6.07, 6.45) is 1.72. The van der Waals surface area contributed by atoms with Gasteiger partial charge in [-0.3, -0.25) is 10.2 Å². The normalized spacial score (nSPS) is 23.1. The quantitative estimate of drug-likeness (QED) is 0.745. The van der Waals surface area contributed by atoms with E-state index >= 15 is 0 Å². The highest BCUT2D eigenvalue weighted by Gasteiger charge is 2.33. The van der Waals surface area contributed by atoms with Crippen molar-refractivity contribution >= 4 is 11.7 Å². The molecule has 2 aliphatic rings. The smallest absolute Gasteiger partial charge is 0.306 e. The van der Waals surface area contributed by atoms with Crippen LogP contribution in [0.3, 0.4) is 0 Å². The molecule has 0 bridgehead atoms. The van der Waals surface area contributed by atoms with E-state index in [0.717, 1.165) is 16.7 Å². The summed E-state index contributed by atoms with van der Waals surface area (Å²) in [4.78, 5) is 12.0. The number of nitrogens with one attached hydrogen (secondary N) is 1. The fraction of sp³-hybridized carbons (Fsp3) is 0.368. The maximum absolute atomic E-state index is 12.0. The maximum atomic E-state index is 12.0. The summed E-state index contributed by atoms with van der Waals surface area (Å²) >= 11 is 0. The molecule has 0 saturated carbocycles. The molecule has 126 valence electrons. The van der Waals surface area contributed by atoms with Gasteiger partial charge in [-0.2, -0.15) is 0 Å². The van der Waals surface area contributed by atoms with Crippen molar-refractivity contribution in [2.24, 2.45) is 0 Å². The molecule has 0 aliphatic heterocycles. The number of ether oxygens (including phenoxy) is 1. The molecule has 0 spiro atoms. The Bertz CT molecular complexity index is 747. The van der Waals surface area contributed by atoms with E-state index in [9.17, 15) is 15.0 Å². The SMILES string of the molecule is CCOC(=O)C[C@H]1CC2=C(C=C(O)C(=N)C2O)Cc2ccccc21. The van der Waals surface area contributed by atoms with Crippen LogP contribution in [-0.2, 0) is 16.0 Å². The van der Waals surface area contributed by atoms with Crippen molar-refractivity contribution in [3.8, 4) is 0 Å². The predicted molar refractivity (Wildman–Crippen MR) is 90.2 cm³/mol. The van der Waals surface area contributed by atoms with Gasteiger partial charge in [0.25, 0.3) is 0 Å². The molecule has 0 fully saturated rings. The number of hydrogen-bond acceptors (Lipinski definition) is 5. The van der Waals surface area contributed by atoms with Crippen LogP contribution in [0.4, 0.5) is 0 Å². The Kier molecular flexibility index (Phi) is 4.53. The van der Waals surface area contributed by atoms with Crippen LogP contribution >= 0.6 is 0 Å². The van der Waals surface area contributed by atoms with Gasteiger partial charge in [-0.05, 0) is 54.0 Å². The second-order valence-electron chi connectivity index (χ2n) is 6.18. The van der Waals surface area contributed by atoms with Gasteiger partial charge >= 0.3 is 5.97 Å². The van der Waals surface area contributed by atoms with E-state index < -0.39 is 6.10 Å². The summed E-state index contributed by atoms with van der Waals surface area (Å²) in [7, 11) is 0. The van der Waals surface area contributed by atoms with Crippen molar-refractivity contribution in [2.75, 3.05) is 6.61 Å². The number of allylic oxidation sites excluding steroid dienone is 2. The number of aliphatic hydroxyl groups is 2. The molecule has 2 atom stereocenters. The molecule has 1 aromatic carbocycles. The third kappa shape index (κ3) is 2.99.